The Labute approximate surface area is 122 Å². The highest BCUT2D eigenvalue weighted by Crippen LogP contribution is 2.16. The molecule has 0 fully saturated rings. The molecule has 2 aromatic heterocycles. The summed E-state index contributed by atoms with van der Waals surface area (Å²) in [5.41, 5.74) is 2.53. The normalized spacial score (nSPS) is 15.5. The van der Waals surface area contributed by atoms with Gasteiger partial charge in [0.2, 0.25) is 0 Å². The highest BCUT2D eigenvalue weighted by atomic mass is 16.5. The van der Waals surface area contributed by atoms with Crippen LogP contribution in [0, 0.1) is 0 Å². The van der Waals surface area contributed by atoms with Gasteiger partial charge in [-0.15, -0.1) is 0 Å². The fourth-order valence-corrected chi connectivity index (χ4v) is 2.64. The molecule has 0 saturated carbocycles. The van der Waals surface area contributed by atoms with Crippen LogP contribution in [-0.4, -0.2) is 43.8 Å². The van der Waals surface area contributed by atoms with Gasteiger partial charge in [0.15, 0.2) is 0 Å². The number of ether oxygens (including phenoxy) is 1. The molecular formula is C14H19N5O2. The highest BCUT2D eigenvalue weighted by molar-refractivity contribution is 5.88. The highest BCUT2D eigenvalue weighted by Gasteiger charge is 2.19. The largest absolute Gasteiger partial charge is 0.461 e. The maximum absolute atomic E-state index is 11.9. The monoisotopic (exact) mass is 289 g/mol. The summed E-state index contributed by atoms with van der Waals surface area (Å²) in [7, 11) is 0. The number of fused-ring (bicyclic) bond motifs is 1. The fourth-order valence-electron chi connectivity index (χ4n) is 2.64. The number of hydrogen-bond donors (Lipinski definition) is 1. The maximum Gasteiger partial charge on any atom is 0.356 e. The van der Waals surface area contributed by atoms with Gasteiger partial charge in [-0.1, -0.05) is 0 Å². The van der Waals surface area contributed by atoms with Gasteiger partial charge in [-0.25, -0.2) is 9.78 Å². The van der Waals surface area contributed by atoms with Gasteiger partial charge in [0.1, 0.15) is 5.69 Å². The van der Waals surface area contributed by atoms with E-state index in [1.807, 2.05) is 12.5 Å². The van der Waals surface area contributed by atoms with Crippen molar-refractivity contribution in [1.29, 1.82) is 0 Å². The lowest BCUT2D eigenvalue weighted by Gasteiger charge is -2.19. The summed E-state index contributed by atoms with van der Waals surface area (Å²) in [6, 6.07) is 0. The quantitative estimate of drug-likeness (QED) is 0.856. The SMILES string of the molecule is CCOC(=O)c1[nH]ncc1CN1CCCn2cncc2C1. The molecule has 1 N–H and O–H groups in total. The lowest BCUT2D eigenvalue weighted by molar-refractivity contribution is 0.0517. The van der Waals surface area contributed by atoms with Crippen LogP contribution in [-0.2, 0) is 24.4 Å². The lowest BCUT2D eigenvalue weighted by Crippen LogP contribution is -2.24. The smallest absolute Gasteiger partial charge is 0.356 e. The molecule has 7 nitrogen and oxygen atoms in total. The van der Waals surface area contributed by atoms with Gasteiger partial charge in [-0.2, -0.15) is 5.10 Å². The van der Waals surface area contributed by atoms with Crippen molar-refractivity contribution >= 4 is 5.97 Å². The summed E-state index contributed by atoms with van der Waals surface area (Å²) >= 11 is 0. The predicted octanol–water partition coefficient (Wildman–Crippen LogP) is 1.19. The molecular weight excluding hydrogens is 270 g/mol. The van der Waals surface area contributed by atoms with E-state index in [0.717, 1.165) is 31.6 Å². The number of rotatable bonds is 4. The summed E-state index contributed by atoms with van der Waals surface area (Å²) in [5.74, 6) is -0.343. The molecule has 2 aromatic rings. The van der Waals surface area contributed by atoms with Crippen LogP contribution in [0.2, 0.25) is 0 Å². The standard InChI is InChI=1S/C14H19N5O2/c1-2-21-14(20)13-11(6-16-17-13)8-18-4-3-5-19-10-15-7-12(19)9-18/h6-7,10H,2-5,8-9H2,1H3,(H,16,17). The average Bonchev–Trinajstić information content (AvgIpc) is 3.05. The number of nitrogens with one attached hydrogen (secondary N) is 1. The second-order valence-corrected chi connectivity index (χ2v) is 5.13. The molecule has 0 aromatic carbocycles. The van der Waals surface area contributed by atoms with Crippen LogP contribution >= 0.6 is 0 Å². The van der Waals surface area contributed by atoms with Crippen LogP contribution in [0.3, 0.4) is 0 Å². The minimum absolute atomic E-state index is 0.343. The second-order valence-electron chi connectivity index (χ2n) is 5.13. The Hall–Kier alpha value is -2.15. The molecule has 0 aliphatic carbocycles. The van der Waals surface area contributed by atoms with E-state index < -0.39 is 0 Å². The first-order valence-electron chi connectivity index (χ1n) is 7.18. The second kappa shape index (κ2) is 6.09. The third-order valence-corrected chi connectivity index (χ3v) is 3.65. The van der Waals surface area contributed by atoms with Crippen molar-refractivity contribution in [3.05, 3.63) is 35.7 Å². The topological polar surface area (TPSA) is 76.0 Å². The van der Waals surface area contributed by atoms with Gasteiger partial charge in [0.05, 0.1) is 24.8 Å². The van der Waals surface area contributed by atoms with E-state index in [1.165, 1.54) is 5.69 Å². The van der Waals surface area contributed by atoms with Crippen LogP contribution < -0.4 is 0 Å². The third-order valence-electron chi connectivity index (χ3n) is 3.65. The zero-order valence-electron chi connectivity index (χ0n) is 12.1. The fraction of sp³-hybridized carbons (Fsp3) is 0.500. The summed E-state index contributed by atoms with van der Waals surface area (Å²) in [6.45, 7) is 5.63. The Morgan fingerprint density at radius 1 is 1.43 bits per heavy atom. The van der Waals surface area contributed by atoms with Gasteiger partial charge in [0.25, 0.3) is 0 Å². The van der Waals surface area contributed by atoms with Gasteiger partial charge in [0, 0.05) is 37.9 Å². The Morgan fingerprint density at radius 3 is 3.19 bits per heavy atom. The molecule has 3 heterocycles. The minimum Gasteiger partial charge on any atom is -0.461 e. The molecule has 0 bridgehead atoms. The molecule has 0 radical (unpaired) electrons. The molecule has 0 saturated heterocycles. The Kier molecular flexibility index (Phi) is 4.01. The Bertz CT molecular complexity index is 618. The first-order valence-corrected chi connectivity index (χ1v) is 7.18. The molecule has 1 aliphatic rings. The van der Waals surface area contributed by atoms with E-state index in [4.69, 9.17) is 4.74 Å². The van der Waals surface area contributed by atoms with Crippen molar-refractivity contribution in [3.63, 3.8) is 0 Å². The first-order chi connectivity index (χ1) is 10.3. The van der Waals surface area contributed by atoms with Crippen LogP contribution in [0.25, 0.3) is 0 Å². The van der Waals surface area contributed by atoms with Crippen LogP contribution in [0.4, 0.5) is 0 Å². The molecule has 0 unspecified atom stereocenters. The lowest BCUT2D eigenvalue weighted by atomic mass is 10.2. The van der Waals surface area contributed by atoms with Crippen LogP contribution in [0.5, 0.6) is 0 Å². The number of carbonyl (C=O) groups is 1. The summed E-state index contributed by atoms with van der Waals surface area (Å²) in [4.78, 5) is 18.4. The van der Waals surface area contributed by atoms with Crippen molar-refractivity contribution in [2.75, 3.05) is 13.2 Å². The first kappa shape index (κ1) is 13.8. The van der Waals surface area contributed by atoms with Crippen molar-refractivity contribution in [2.45, 2.75) is 33.0 Å². The van der Waals surface area contributed by atoms with E-state index in [2.05, 4.69) is 24.6 Å². The Morgan fingerprint density at radius 2 is 2.33 bits per heavy atom. The minimum atomic E-state index is -0.343. The number of aromatic amines is 1. The molecule has 7 heteroatoms. The maximum atomic E-state index is 11.9. The zero-order valence-corrected chi connectivity index (χ0v) is 12.1. The van der Waals surface area contributed by atoms with E-state index in [1.54, 1.807) is 13.1 Å². The van der Waals surface area contributed by atoms with Gasteiger partial charge in [-0.3, -0.25) is 10.00 Å². The number of esters is 1. The molecule has 0 amide bonds. The number of aryl methyl sites for hydroxylation is 1. The van der Waals surface area contributed by atoms with E-state index >= 15 is 0 Å². The number of nitrogens with zero attached hydrogens (tertiary/aromatic N) is 4. The van der Waals surface area contributed by atoms with Crippen molar-refractivity contribution in [1.82, 2.24) is 24.6 Å². The van der Waals surface area contributed by atoms with Crippen molar-refractivity contribution in [3.8, 4) is 0 Å². The van der Waals surface area contributed by atoms with E-state index in [-0.39, 0.29) is 5.97 Å². The van der Waals surface area contributed by atoms with Crippen LogP contribution in [0.1, 0.15) is 35.1 Å². The number of carbonyl (C=O) groups excluding carboxylic acids is 1. The van der Waals surface area contributed by atoms with E-state index in [0.29, 0.717) is 18.8 Å². The average molecular weight is 289 g/mol. The predicted molar refractivity (Wildman–Crippen MR) is 75.5 cm³/mol. The number of imidazole rings is 1. The molecule has 112 valence electrons. The molecule has 0 spiro atoms. The van der Waals surface area contributed by atoms with E-state index in [9.17, 15) is 4.79 Å². The van der Waals surface area contributed by atoms with Crippen molar-refractivity contribution < 1.29 is 9.53 Å². The van der Waals surface area contributed by atoms with Crippen molar-refractivity contribution in [2.24, 2.45) is 0 Å². The molecule has 0 atom stereocenters. The van der Waals surface area contributed by atoms with Gasteiger partial charge >= 0.3 is 5.97 Å². The summed E-state index contributed by atoms with van der Waals surface area (Å²) in [6.07, 6.45) is 6.55. The third kappa shape index (κ3) is 2.97. The number of aromatic nitrogens is 4. The van der Waals surface area contributed by atoms with Crippen LogP contribution in [0.15, 0.2) is 18.7 Å². The summed E-state index contributed by atoms with van der Waals surface area (Å²) < 4.78 is 7.22. The molecule has 3 rings (SSSR count). The van der Waals surface area contributed by atoms with Gasteiger partial charge < -0.3 is 9.30 Å². The molecule has 1 aliphatic heterocycles. The number of H-pyrrole nitrogens is 1. The zero-order chi connectivity index (χ0) is 14.7. The number of hydrogen-bond acceptors (Lipinski definition) is 5. The Balaban J connectivity index is 1.72. The summed E-state index contributed by atoms with van der Waals surface area (Å²) in [5, 5.41) is 6.72. The molecule has 21 heavy (non-hydrogen) atoms. The van der Waals surface area contributed by atoms with Gasteiger partial charge in [-0.05, 0) is 13.3 Å².